The lowest BCUT2D eigenvalue weighted by Gasteiger charge is -2.10. The highest BCUT2D eigenvalue weighted by atomic mass is 79.9. The van der Waals surface area contributed by atoms with E-state index in [0.717, 1.165) is 41.8 Å². The van der Waals surface area contributed by atoms with Crippen molar-refractivity contribution >= 4 is 27.7 Å². The molecule has 0 aliphatic carbocycles. The van der Waals surface area contributed by atoms with Crippen molar-refractivity contribution in [2.24, 2.45) is 0 Å². The molecule has 2 aromatic rings. The molecular weight excluding hydrogens is 332 g/mol. The SMILES string of the molecule is CCCNc1ncc(Br)c(NCCc2ccc(O)cc2)n1. The molecule has 0 unspecified atom stereocenters. The highest BCUT2D eigenvalue weighted by molar-refractivity contribution is 9.10. The second-order valence-electron chi connectivity index (χ2n) is 4.66. The number of nitrogens with zero attached hydrogens (tertiary/aromatic N) is 2. The number of phenols is 1. The van der Waals surface area contributed by atoms with Crippen LogP contribution in [0.3, 0.4) is 0 Å². The minimum absolute atomic E-state index is 0.289. The number of rotatable bonds is 7. The zero-order chi connectivity index (χ0) is 15.1. The standard InChI is InChI=1S/C15H19BrN4O/c1-2-8-18-15-19-10-13(16)14(20-15)17-9-7-11-3-5-12(21)6-4-11/h3-6,10,21H,2,7-9H2,1H3,(H2,17,18,19,20). The molecule has 6 heteroatoms. The van der Waals surface area contributed by atoms with Crippen LogP contribution < -0.4 is 10.6 Å². The van der Waals surface area contributed by atoms with Crippen LogP contribution in [0.1, 0.15) is 18.9 Å². The molecule has 2 rings (SSSR count). The van der Waals surface area contributed by atoms with E-state index in [1.165, 1.54) is 0 Å². The van der Waals surface area contributed by atoms with Gasteiger partial charge >= 0.3 is 0 Å². The first-order valence-corrected chi connectivity index (χ1v) is 7.76. The Hall–Kier alpha value is -1.82. The van der Waals surface area contributed by atoms with Crippen LogP contribution in [-0.2, 0) is 6.42 Å². The molecule has 0 saturated carbocycles. The van der Waals surface area contributed by atoms with Gasteiger partial charge < -0.3 is 15.7 Å². The van der Waals surface area contributed by atoms with Crippen LogP contribution in [0.5, 0.6) is 5.75 Å². The van der Waals surface area contributed by atoms with E-state index in [0.29, 0.717) is 5.95 Å². The maximum absolute atomic E-state index is 9.25. The van der Waals surface area contributed by atoms with E-state index in [4.69, 9.17) is 0 Å². The molecule has 0 aliphatic rings. The highest BCUT2D eigenvalue weighted by Gasteiger charge is 2.04. The lowest BCUT2D eigenvalue weighted by atomic mass is 10.1. The van der Waals surface area contributed by atoms with E-state index in [-0.39, 0.29) is 5.75 Å². The van der Waals surface area contributed by atoms with Crippen molar-refractivity contribution in [1.82, 2.24) is 9.97 Å². The topological polar surface area (TPSA) is 70.1 Å². The average molecular weight is 351 g/mol. The second-order valence-corrected chi connectivity index (χ2v) is 5.51. The van der Waals surface area contributed by atoms with Gasteiger partial charge in [0.15, 0.2) is 0 Å². The second kappa shape index (κ2) is 7.83. The van der Waals surface area contributed by atoms with Gasteiger partial charge in [0.2, 0.25) is 5.95 Å². The van der Waals surface area contributed by atoms with Gasteiger partial charge in [-0.2, -0.15) is 4.98 Å². The lowest BCUT2D eigenvalue weighted by molar-refractivity contribution is 0.475. The highest BCUT2D eigenvalue weighted by Crippen LogP contribution is 2.20. The molecule has 0 atom stereocenters. The normalized spacial score (nSPS) is 10.4. The van der Waals surface area contributed by atoms with Crippen LogP contribution in [0.25, 0.3) is 0 Å². The molecule has 1 aromatic carbocycles. The quantitative estimate of drug-likeness (QED) is 0.713. The van der Waals surface area contributed by atoms with E-state index in [1.807, 2.05) is 12.1 Å². The van der Waals surface area contributed by atoms with Crippen molar-refractivity contribution in [2.45, 2.75) is 19.8 Å². The van der Waals surface area contributed by atoms with Gasteiger partial charge in [-0.15, -0.1) is 0 Å². The van der Waals surface area contributed by atoms with Crippen LogP contribution in [-0.4, -0.2) is 28.2 Å². The van der Waals surface area contributed by atoms with Crippen LogP contribution in [0, 0.1) is 0 Å². The number of hydrogen-bond donors (Lipinski definition) is 3. The smallest absolute Gasteiger partial charge is 0.224 e. The summed E-state index contributed by atoms with van der Waals surface area (Å²) in [5.74, 6) is 1.70. The van der Waals surface area contributed by atoms with Crippen molar-refractivity contribution in [2.75, 3.05) is 23.7 Å². The van der Waals surface area contributed by atoms with E-state index >= 15 is 0 Å². The van der Waals surface area contributed by atoms with Crippen molar-refractivity contribution < 1.29 is 5.11 Å². The molecule has 0 bridgehead atoms. The van der Waals surface area contributed by atoms with Gasteiger partial charge in [-0.25, -0.2) is 4.98 Å². The Kier molecular flexibility index (Phi) is 5.80. The van der Waals surface area contributed by atoms with Crippen molar-refractivity contribution in [1.29, 1.82) is 0 Å². The number of phenolic OH excluding ortho intramolecular Hbond substituents is 1. The molecule has 0 amide bonds. The Morgan fingerprint density at radius 3 is 2.62 bits per heavy atom. The molecule has 0 radical (unpaired) electrons. The monoisotopic (exact) mass is 350 g/mol. The summed E-state index contributed by atoms with van der Waals surface area (Å²) in [6.45, 7) is 3.71. The van der Waals surface area contributed by atoms with Gasteiger partial charge in [0.05, 0.1) is 4.47 Å². The van der Waals surface area contributed by atoms with Gasteiger partial charge in [0, 0.05) is 19.3 Å². The minimum Gasteiger partial charge on any atom is -0.508 e. The van der Waals surface area contributed by atoms with Crippen molar-refractivity contribution in [3.05, 3.63) is 40.5 Å². The number of benzene rings is 1. The summed E-state index contributed by atoms with van der Waals surface area (Å²) in [4.78, 5) is 8.65. The van der Waals surface area contributed by atoms with Crippen LogP contribution in [0.15, 0.2) is 34.9 Å². The van der Waals surface area contributed by atoms with E-state index in [2.05, 4.69) is 43.5 Å². The fourth-order valence-electron chi connectivity index (χ4n) is 1.80. The van der Waals surface area contributed by atoms with Gasteiger partial charge in [-0.05, 0) is 46.5 Å². The first-order chi connectivity index (χ1) is 10.2. The third-order valence-electron chi connectivity index (χ3n) is 2.92. The fourth-order valence-corrected chi connectivity index (χ4v) is 2.13. The number of anilines is 2. The summed E-state index contributed by atoms with van der Waals surface area (Å²) in [5, 5.41) is 15.7. The number of aromatic nitrogens is 2. The van der Waals surface area contributed by atoms with Gasteiger partial charge in [-0.3, -0.25) is 0 Å². The molecule has 0 saturated heterocycles. The number of nitrogens with one attached hydrogen (secondary N) is 2. The van der Waals surface area contributed by atoms with Gasteiger partial charge in [-0.1, -0.05) is 19.1 Å². The minimum atomic E-state index is 0.289. The zero-order valence-corrected chi connectivity index (χ0v) is 13.5. The van der Waals surface area contributed by atoms with Crippen molar-refractivity contribution in [3.63, 3.8) is 0 Å². The summed E-state index contributed by atoms with van der Waals surface area (Å²) >= 11 is 3.45. The zero-order valence-electron chi connectivity index (χ0n) is 11.9. The predicted octanol–water partition coefficient (Wildman–Crippen LogP) is 3.42. The molecule has 21 heavy (non-hydrogen) atoms. The molecular formula is C15H19BrN4O. The molecule has 1 aromatic heterocycles. The first-order valence-electron chi connectivity index (χ1n) is 6.97. The Labute approximate surface area is 133 Å². The Balaban J connectivity index is 1.91. The summed E-state index contributed by atoms with van der Waals surface area (Å²) in [7, 11) is 0. The lowest BCUT2D eigenvalue weighted by Crippen LogP contribution is -2.10. The van der Waals surface area contributed by atoms with Crippen LogP contribution in [0.2, 0.25) is 0 Å². The van der Waals surface area contributed by atoms with E-state index in [1.54, 1.807) is 18.3 Å². The van der Waals surface area contributed by atoms with Crippen molar-refractivity contribution in [3.8, 4) is 5.75 Å². The maximum atomic E-state index is 9.25. The summed E-state index contributed by atoms with van der Waals surface area (Å²) in [6.07, 6.45) is 3.63. The fraction of sp³-hybridized carbons (Fsp3) is 0.333. The Bertz CT molecular complexity index is 574. The molecule has 0 aliphatic heterocycles. The Morgan fingerprint density at radius 1 is 1.14 bits per heavy atom. The summed E-state index contributed by atoms with van der Waals surface area (Å²) in [6, 6.07) is 7.23. The Morgan fingerprint density at radius 2 is 1.90 bits per heavy atom. The molecule has 112 valence electrons. The van der Waals surface area contributed by atoms with Crippen LogP contribution in [0.4, 0.5) is 11.8 Å². The molecule has 0 fully saturated rings. The van der Waals surface area contributed by atoms with Gasteiger partial charge in [0.25, 0.3) is 0 Å². The third-order valence-corrected chi connectivity index (χ3v) is 3.50. The average Bonchev–Trinajstić information content (AvgIpc) is 2.50. The third kappa shape index (κ3) is 4.90. The van der Waals surface area contributed by atoms with Crippen LogP contribution >= 0.6 is 15.9 Å². The predicted molar refractivity (Wildman–Crippen MR) is 88.8 cm³/mol. The number of halogens is 1. The van der Waals surface area contributed by atoms with E-state index < -0.39 is 0 Å². The number of aromatic hydroxyl groups is 1. The van der Waals surface area contributed by atoms with Gasteiger partial charge in [0.1, 0.15) is 11.6 Å². The molecule has 0 spiro atoms. The summed E-state index contributed by atoms with van der Waals surface area (Å²) < 4.78 is 0.843. The largest absolute Gasteiger partial charge is 0.508 e. The first kappa shape index (κ1) is 15.6. The molecule has 5 nitrogen and oxygen atoms in total. The summed E-state index contributed by atoms with van der Waals surface area (Å²) in [5.41, 5.74) is 1.16. The molecule has 1 heterocycles. The number of hydrogen-bond acceptors (Lipinski definition) is 5. The maximum Gasteiger partial charge on any atom is 0.224 e. The van der Waals surface area contributed by atoms with E-state index in [9.17, 15) is 5.11 Å². The molecule has 3 N–H and O–H groups in total.